The number of hydrogen-bond donors (Lipinski definition) is 1. The summed E-state index contributed by atoms with van der Waals surface area (Å²) in [5.41, 5.74) is 2.08. The minimum Gasteiger partial charge on any atom is -0.465 e. The third-order valence-corrected chi connectivity index (χ3v) is 5.12. The second kappa shape index (κ2) is 8.90. The smallest absolute Gasteiger partial charge is 0.337 e. The van der Waals surface area contributed by atoms with E-state index < -0.39 is 5.97 Å². The number of rotatable bonds is 7. The van der Waals surface area contributed by atoms with Crippen molar-refractivity contribution < 1.29 is 19.1 Å². The van der Waals surface area contributed by atoms with Gasteiger partial charge in [0.2, 0.25) is 11.8 Å². The van der Waals surface area contributed by atoms with Crippen LogP contribution in [0, 0.1) is 11.8 Å². The van der Waals surface area contributed by atoms with Gasteiger partial charge in [-0.25, -0.2) is 4.79 Å². The van der Waals surface area contributed by atoms with E-state index in [2.05, 4.69) is 10.1 Å². The Labute approximate surface area is 170 Å². The van der Waals surface area contributed by atoms with Gasteiger partial charge in [-0.05, 0) is 50.1 Å². The first kappa shape index (κ1) is 20.6. The SMILES string of the molecule is COC(=O)c1ccc(NC(=O)C2CC2C(=O)N(Cc2ccccc2)C(C)C)cc1. The Kier molecular flexibility index (Phi) is 6.32. The van der Waals surface area contributed by atoms with Crippen molar-refractivity contribution in [2.45, 2.75) is 32.9 Å². The Morgan fingerprint density at radius 1 is 1.03 bits per heavy atom. The van der Waals surface area contributed by atoms with Gasteiger partial charge in [0.25, 0.3) is 0 Å². The summed E-state index contributed by atoms with van der Waals surface area (Å²) in [7, 11) is 1.32. The van der Waals surface area contributed by atoms with Gasteiger partial charge in [-0.3, -0.25) is 9.59 Å². The predicted molar refractivity (Wildman–Crippen MR) is 110 cm³/mol. The number of carbonyl (C=O) groups is 3. The second-order valence-corrected chi connectivity index (χ2v) is 7.55. The molecule has 1 saturated carbocycles. The minimum atomic E-state index is -0.428. The van der Waals surface area contributed by atoms with Crippen LogP contribution < -0.4 is 5.32 Å². The quantitative estimate of drug-likeness (QED) is 0.730. The van der Waals surface area contributed by atoms with Gasteiger partial charge in [-0.15, -0.1) is 0 Å². The van der Waals surface area contributed by atoms with Crippen LogP contribution in [0.15, 0.2) is 54.6 Å². The molecule has 6 nitrogen and oxygen atoms in total. The number of nitrogens with one attached hydrogen (secondary N) is 1. The summed E-state index contributed by atoms with van der Waals surface area (Å²) < 4.78 is 4.66. The molecule has 0 aliphatic heterocycles. The molecular weight excluding hydrogens is 368 g/mol. The lowest BCUT2D eigenvalue weighted by Gasteiger charge is -2.27. The Morgan fingerprint density at radius 2 is 1.69 bits per heavy atom. The van der Waals surface area contributed by atoms with Crippen molar-refractivity contribution in [1.82, 2.24) is 4.90 Å². The zero-order chi connectivity index (χ0) is 21.0. The maximum Gasteiger partial charge on any atom is 0.337 e. The molecular formula is C23H26N2O4. The molecule has 1 fully saturated rings. The number of benzene rings is 2. The Hall–Kier alpha value is -3.15. The number of amides is 2. The topological polar surface area (TPSA) is 75.7 Å². The number of nitrogens with zero attached hydrogens (tertiary/aromatic N) is 1. The summed E-state index contributed by atoms with van der Waals surface area (Å²) >= 11 is 0. The van der Waals surface area contributed by atoms with Crippen LogP contribution in [0.2, 0.25) is 0 Å². The molecule has 29 heavy (non-hydrogen) atoms. The molecule has 2 unspecified atom stereocenters. The van der Waals surface area contributed by atoms with E-state index in [1.54, 1.807) is 24.3 Å². The fourth-order valence-electron chi connectivity index (χ4n) is 3.31. The van der Waals surface area contributed by atoms with E-state index in [-0.39, 0.29) is 29.7 Å². The van der Waals surface area contributed by atoms with Crippen molar-refractivity contribution in [3.05, 3.63) is 65.7 Å². The molecule has 0 heterocycles. The number of hydrogen-bond acceptors (Lipinski definition) is 4. The molecule has 1 aliphatic rings. The molecule has 6 heteroatoms. The molecule has 0 radical (unpaired) electrons. The van der Waals surface area contributed by atoms with E-state index in [0.717, 1.165) is 5.56 Å². The van der Waals surface area contributed by atoms with Crippen molar-refractivity contribution in [1.29, 1.82) is 0 Å². The summed E-state index contributed by atoms with van der Waals surface area (Å²) in [6.07, 6.45) is 0.558. The highest BCUT2D eigenvalue weighted by molar-refractivity contribution is 6.00. The third-order valence-electron chi connectivity index (χ3n) is 5.12. The maximum absolute atomic E-state index is 13.0. The van der Waals surface area contributed by atoms with Crippen molar-refractivity contribution >= 4 is 23.5 Å². The molecule has 1 N–H and O–H groups in total. The lowest BCUT2D eigenvalue weighted by molar-refractivity contribution is -0.136. The van der Waals surface area contributed by atoms with Crippen LogP contribution in [-0.4, -0.2) is 35.8 Å². The van der Waals surface area contributed by atoms with Crippen molar-refractivity contribution in [3.8, 4) is 0 Å². The van der Waals surface area contributed by atoms with Gasteiger partial charge < -0.3 is 15.0 Å². The van der Waals surface area contributed by atoms with Crippen molar-refractivity contribution in [2.75, 3.05) is 12.4 Å². The third kappa shape index (κ3) is 5.02. The average molecular weight is 394 g/mol. The van der Waals surface area contributed by atoms with Crippen LogP contribution in [0.3, 0.4) is 0 Å². The monoisotopic (exact) mass is 394 g/mol. The molecule has 3 rings (SSSR count). The Balaban J connectivity index is 1.59. The maximum atomic E-state index is 13.0. The summed E-state index contributed by atoms with van der Waals surface area (Å²) in [5.74, 6) is -1.18. The van der Waals surface area contributed by atoms with E-state index in [9.17, 15) is 14.4 Å². The lowest BCUT2D eigenvalue weighted by Crippen LogP contribution is -2.38. The first-order valence-corrected chi connectivity index (χ1v) is 9.74. The van der Waals surface area contributed by atoms with E-state index in [4.69, 9.17) is 0 Å². The minimum absolute atomic E-state index is 0.0186. The van der Waals surface area contributed by atoms with Crippen LogP contribution >= 0.6 is 0 Å². The van der Waals surface area contributed by atoms with E-state index in [0.29, 0.717) is 24.2 Å². The largest absolute Gasteiger partial charge is 0.465 e. The van der Waals surface area contributed by atoms with Gasteiger partial charge in [0.05, 0.1) is 24.5 Å². The standard InChI is InChI=1S/C23H26N2O4/c1-15(2)25(14-16-7-5-4-6-8-16)22(27)20-13-19(20)21(26)24-18-11-9-17(10-12-18)23(28)29-3/h4-12,15,19-20H,13-14H2,1-3H3,(H,24,26). The average Bonchev–Trinajstić information content (AvgIpc) is 3.53. The molecule has 2 amide bonds. The first-order chi connectivity index (χ1) is 13.9. The summed E-state index contributed by atoms with van der Waals surface area (Å²) in [4.78, 5) is 38.8. The zero-order valence-electron chi connectivity index (χ0n) is 16.9. The number of esters is 1. The number of carbonyl (C=O) groups excluding carboxylic acids is 3. The van der Waals surface area contributed by atoms with Crippen LogP contribution in [0.5, 0.6) is 0 Å². The van der Waals surface area contributed by atoms with Crippen LogP contribution in [0.25, 0.3) is 0 Å². The zero-order valence-corrected chi connectivity index (χ0v) is 16.9. The molecule has 2 aromatic rings. The summed E-state index contributed by atoms with van der Waals surface area (Å²) in [5, 5.41) is 2.83. The van der Waals surface area contributed by atoms with Gasteiger partial charge in [-0.1, -0.05) is 30.3 Å². The highest BCUT2D eigenvalue weighted by atomic mass is 16.5. The van der Waals surface area contributed by atoms with Gasteiger partial charge in [0, 0.05) is 18.3 Å². The van der Waals surface area contributed by atoms with E-state index >= 15 is 0 Å². The number of anilines is 1. The van der Waals surface area contributed by atoms with E-state index in [1.807, 2.05) is 49.1 Å². The first-order valence-electron chi connectivity index (χ1n) is 9.74. The number of ether oxygens (including phenoxy) is 1. The number of methoxy groups -OCH3 is 1. The van der Waals surface area contributed by atoms with E-state index in [1.165, 1.54) is 7.11 Å². The molecule has 0 spiro atoms. The molecule has 1 aliphatic carbocycles. The Bertz CT molecular complexity index is 878. The molecule has 152 valence electrons. The lowest BCUT2D eigenvalue weighted by atomic mass is 10.1. The second-order valence-electron chi connectivity index (χ2n) is 7.55. The van der Waals surface area contributed by atoms with Gasteiger partial charge >= 0.3 is 5.97 Å². The Morgan fingerprint density at radius 3 is 2.28 bits per heavy atom. The van der Waals surface area contributed by atoms with Gasteiger partial charge in [0.1, 0.15) is 0 Å². The van der Waals surface area contributed by atoms with Crippen molar-refractivity contribution in [3.63, 3.8) is 0 Å². The van der Waals surface area contributed by atoms with Crippen LogP contribution in [0.4, 0.5) is 5.69 Å². The highest BCUT2D eigenvalue weighted by Gasteiger charge is 2.49. The summed E-state index contributed by atoms with van der Waals surface area (Å²) in [6, 6.07) is 16.4. The summed E-state index contributed by atoms with van der Waals surface area (Å²) in [6.45, 7) is 4.51. The normalized spacial score (nSPS) is 17.5. The predicted octanol–water partition coefficient (Wildman–Crippen LogP) is 3.49. The van der Waals surface area contributed by atoms with Gasteiger partial charge in [-0.2, -0.15) is 0 Å². The fourth-order valence-corrected chi connectivity index (χ4v) is 3.31. The fraction of sp³-hybridized carbons (Fsp3) is 0.348. The molecule has 0 aromatic heterocycles. The molecule has 2 aromatic carbocycles. The highest BCUT2D eigenvalue weighted by Crippen LogP contribution is 2.41. The molecule has 0 bridgehead atoms. The van der Waals surface area contributed by atoms with Gasteiger partial charge in [0.15, 0.2) is 0 Å². The van der Waals surface area contributed by atoms with Crippen LogP contribution in [0.1, 0.15) is 36.2 Å². The van der Waals surface area contributed by atoms with Crippen LogP contribution in [-0.2, 0) is 20.9 Å². The molecule has 0 saturated heterocycles. The molecule has 2 atom stereocenters. The van der Waals surface area contributed by atoms with Crippen molar-refractivity contribution in [2.24, 2.45) is 11.8 Å².